The van der Waals surface area contributed by atoms with Gasteiger partial charge in [-0.25, -0.2) is 4.79 Å². The molecule has 0 bridgehead atoms. The fourth-order valence-electron chi connectivity index (χ4n) is 2.53. The maximum absolute atomic E-state index is 12.1. The summed E-state index contributed by atoms with van der Waals surface area (Å²) in [7, 11) is 1.39. The minimum absolute atomic E-state index is 0.149. The van der Waals surface area contributed by atoms with Gasteiger partial charge >= 0.3 is 12.1 Å². The van der Waals surface area contributed by atoms with E-state index in [1.54, 1.807) is 20.8 Å². The number of hydrogen-bond donors (Lipinski definition) is 3. The lowest BCUT2D eigenvalue weighted by atomic mass is 9.94. The van der Waals surface area contributed by atoms with E-state index in [2.05, 4.69) is 16.0 Å². The van der Waals surface area contributed by atoms with Gasteiger partial charge in [-0.3, -0.25) is 14.4 Å². The van der Waals surface area contributed by atoms with Crippen molar-refractivity contribution in [2.75, 3.05) is 13.6 Å². The van der Waals surface area contributed by atoms with Gasteiger partial charge in [0.15, 0.2) is 6.10 Å². The first-order chi connectivity index (χ1) is 11.5. The monoisotopic (exact) mass is 357 g/mol. The fourth-order valence-corrected chi connectivity index (χ4v) is 2.53. The minimum atomic E-state index is -1.26. The van der Waals surface area contributed by atoms with Gasteiger partial charge in [-0.05, 0) is 33.6 Å². The van der Waals surface area contributed by atoms with Crippen LogP contribution in [0, 0.1) is 5.92 Å². The SMILES string of the molecule is CNC(=O)C(OC(C)=O)C(CC1CCNC1=O)NC(=O)OC(C)(C)C. The van der Waals surface area contributed by atoms with E-state index in [4.69, 9.17) is 9.47 Å². The van der Waals surface area contributed by atoms with Crippen LogP contribution in [-0.4, -0.2) is 55.2 Å². The van der Waals surface area contributed by atoms with Crippen molar-refractivity contribution in [1.29, 1.82) is 0 Å². The molecule has 9 heteroatoms. The van der Waals surface area contributed by atoms with Crippen molar-refractivity contribution in [2.45, 2.75) is 58.3 Å². The average Bonchev–Trinajstić information content (AvgIpc) is 2.86. The summed E-state index contributed by atoms with van der Waals surface area (Å²) in [6, 6.07) is -0.896. The molecule has 0 saturated carbocycles. The van der Waals surface area contributed by atoms with Gasteiger partial charge in [-0.2, -0.15) is 0 Å². The molecule has 142 valence electrons. The van der Waals surface area contributed by atoms with Gasteiger partial charge in [-0.15, -0.1) is 0 Å². The molecule has 1 aliphatic heterocycles. The zero-order valence-corrected chi connectivity index (χ0v) is 15.3. The number of amides is 3. The number of likely N-dealkylation sites (N-methyl/N-ethyl adjacent to an activating group) is 1. The van der Waals surface area contributed by atoms with Gasteiger partial charge in [0.05, 0.1) is 6.04 Å². The summed E-state index contributed by atoms with van der Waals surface area (Å²) in [5.74, 6) is -1.78. The number of rotatable bonds is 6. The first kappa shape index (κ1) is 20.7. The van der Waals surface area contributed by atoms with Gasteiger partial charge in [0.2, 0.25) is 5.91 Å². The van der Waals surface area contributed by atoms with Crippen molar-refractivity contribution in [3.05, 3.63) is 0 Å². The molecule has 1 saturated heterocycles. The van der Waals surface area contributed by atoms with E-state index >= 15 is 0 Å². The molecule has 0 aromatic heterocycles. The Hall–Kier alpha value is -2.32. The Labute approximate surface area is 147 Å². The summed E-state index contributed by atoms with van der Waals surface area (Å²) in [5, 5.41) is 7.66. The standard InChI is InChI=1S/C16H27N3O6/c1-9(20)24-12(14(22)17-5)11(8-10-6-7-18-13(10)21)19-15(23)25-16(2,3)4/h10-12H,6-8H2,1-5H3,(H,17,22)(H,18,21)(H,19,23). The molecule has 9 nitrogen and oxygen atoms in total. The number of carbonyl (C=O) groups excluding carboxylic acids is 4. The van der Waals surface area contributed by atoms with Crippen LogP contribution in [0.2, 0.25) is 0 Å². The molecule has 3 N–H and O–H groups in total. The smallest absolute Gasteiger partial charge is 0.408 e. The Balaban J connectivity index is 2.97. The summed E-state index contributed by atoms with van der Waals surface area (Å²) in [6.45, 7) is 6.81. The second-order valence-electron chi connectivity index (χ2n) is 6.91. The van der Waals surface area contributed by atoms with Crippen molar-refractivity contribution < 1.29 is 28.7 Å². The quantitative estimate of drug-likeness (QED) is 0.579. The van der Waals surface area contributed by atoms with Crippen LogP contribution in [0.3, 0.4) is 0 Å². The molecule has 1 fully saturated rings. The minimum Gasteiger partial charge on any atom is -0.450 e. The number of nitrogens with one attached hydrogen (secondary N) is 3. The van der Waals surface area contributed by atoms with E-state index < -0.39 is 35.7 Å². The molecule has 1 rings (SSSR count). The number of alkyl carbamates (subject to hydrolysis) is 1. The Morgan fingerprint density at radius 2 is 1.96 bits per heavy atom. The lowest BCUT2D eigenvalue weighted by Crippen LogP contribution is -2.53. The predicted molar refractivity (Wildman–Crippen MR) is 88.5 cm³/mol. The number of hydrogen-bond acceptors (Lipinski definition) is 6. The zero-order chi connectivity index (χ0) is 19.2. The van der Waals surface area contributed by atoms with Crippen molar-refractivity contribution in [3.63, 3.8) is 0 Å². The lowest BCUT2D eigenvalue weighted by molar-refractivity contribution is -0.156. The Kier molecular flexibility index (Phi) is 7.20. The largest absolute Gasteiger partial charge is 0.450 e. The van der Waals surface area contributed by atoms with Crippen LogP contribution in [0.1, 0.15) is 40.5 Å². The molecule has 1 aliphatic rings. The third-order valence-electron chi connectivity index (χ3n) is 3.57. The van der Waals surface area contributed by atoms with Gasteiger partial charge in [0, 0.05) is 26.4 Å². The van der Waals surface area contributed by atoms with Gasteiger partial charge < -0.3 is 25.4 Å². The van der Waals surface area contributed by atoms with Crippen LogP contribution in [0.4, 0.5) is 4.79 Å². The van der Waals surface area contributed by atoms with Crippen molar-refractivity contribution >= 4 is 23.9 Å². The highest BCUT2D eigenvalue weighted by molar-refractivity contribution is 5.85. The molecule has 3 unspecified atom stereocenters. The van der Waals surface area contributed by atoms with E-state index in [-0.39, 0.29) is 18.2 Å². The van der Waals surface area contributed by atoms with Gasteiger partial charge in [0.1, 0.15) is 5.60 Å². The molecule has 0 aromatic carbocycles. The number of carbonyl (C=O) groups is 4. The van der Waals surface area contributed by atoms with Crippen molar-refractivity contribution in [2.24, 2.45) is 5.92 Å². The molecule has 0 radical (unpaired) electrons. The third-order valence-corrected chi connectivity index (χ3v) is 3.57. The summed E-state index contributed by atoms with van der Waals surface area (Å²) < 4.78 is 10.3. The predicted octanol–water partition coefficient (Wildman–Crippen LogP) is 0.0836. The van der Waals surface area contributed by atoms with Crippen LogP contribution in [0.25, 0.3) is 0 Å². The summed E-state index contributed by atoms with van der Waals surface area (Å²) in [4.78, 5) is 47.5. The average molecular weight is 357 g/mol. The van der Waals surface area contributed by atoms with Crippen LogP contribution >= 0.6 is 0 Å². The normalized spacial score (nSPS) is 19.4. The third kappa shape index (κ3) is 6.98. The van der Waals surface area contributed by atoms with E-state index in [1.165, 1.54) is 14.0 Å². The maximum atomic E-state index is 12.1. The highest BCUT2D eigenvalue weighted by atomic mass is 16.6. The molecular formula is C16H27N3O6. The van der Waals surface area contributed by atoms with Gasteiger partial charge in [-0.1, -0.05) is 0 Å². The number of esters is 1. The first-order valence-electron chi connectivity index (χ1n) is 8.19. The van der Waals surface area contributed by atoms with E-state index in [0.717, 1.165) is 0 Å². The Bertz CT molecular complexity index is 528. The first-order valence-corrected chi connectivity index (χ1v) is 8.19. The maximum Gasteiger partial charge on any atom is 0.408 e. The molecule has 3 amide bonds. The summed E-state index contributed by atoms with van der Waals surface area (Å²) in [5.41, 5.74) is -0.733. The highest BCUT2D eigenvalue weighted by Gasteiger charge is 2.37. The topological polar surface area (TPSA) is 123 Å². The van der Waals surface area contributed by atoms with Crippen LogP contribution in [0.15, 0.2) is 0 Å². The van der Waals surface area contributed by atoms with Crippen LogP contribution < -0.4 is 16.0 Å². The second kappa shape index (κ2) is 8.68. The molecule has 0 aliphatic carbocycles. The summed E-state index contributed by atoms with van der Waals surface area (Å²) in [6.07, 6.45) is -1.29. The second-order valence-corrected chi connectivity index (χ2v) is 6.91. The molecule has 0 spiro atoms. The van der Waals surface area contributed by atoms with E-state index in [1.807, 2.05) is 0 Å². The molecule has 25 heavy (non-hydrogen) atoms. The van der Waals surface area contributed by atoms with E-state index in [9.17, 15) is 19.2 Å². The molecule has 1 heterocycles. The van der Waals surface area contributed by atoms with Crippen molar-refractivity contribution in [1.82, 2.24) is 16.0 Å². The Morgan fingerprint density at radius 3 is 2.40 bits per heavy atom. The fraction of sp³-hybridized carbons (Fsp3) is 0.750. The highest BCUT2D eigenvalue weighted by Crippen LogP contribution is 2.20. The summed E-state index contributed by atoms with van der Waals surface area (Å²) >= 11 is 0. The van der Waals surface area contributed by atoms with E-state index in [0.29, 0.717) is 13.0 Å². The van der Waals surface area contributed by atoms with Crippen LogP contribution in [-0.2, 0) is 23.9 Å². The van der Waals surface area contributed by atoms with Gasteiger partial charge in [0.25, 0.3) is 5.91 Å². The lowest BCUT2D eigenvalue weighted by Gasteiger charge is -2.29. The van der Waals surface area contributed by atoms with Crippen molar-refractivity contribution in [3.8, 4) is 0 Å². The molecule has 0 aromatic rings. The molecular weight excluding hydrogens is 330 g/mol. The number of ether oxygens (including phenoxy) is 2. The van der Waals surface area contributed by atoms with Crippen LogP contribution in [0.5, 0.6) is 0 Å². The molecule has 3 atom stereocenters. The Morgan fingerprint density at radius 1 is 1.32 bits per heavy atom. The zero-order valence-electron chi connectivity index (χ0n) is 15.3.